The summed E-state index contributed by atoms with van der Waals surface area (Å²) in [5.74, 6) is -0.0730. The Balaban J connectivity index is 1.34. The van der Waals surface area contributed by atoms with Gasteiger partial charge in [0.05, 0.1) is 10.6 Å². The molecule has 3 heterocycles. The molecule has 0 spiro atoms. The van der Waals surface area contributed by atoms with Gasteiger partial charge in [-0.15, -0.1) is 0 Å². The van der Waals surface area contributed by atoms with E-state index in [0.717, 1.165) is 31.0 Å². The first-order valence-corrected chi connectivity index (χ1v) is 12.4. The van der Waals surface area contributed by atoms with Crippen LogP contribution in [-0.4, -0.2) is 65.7 Å². The molecule has 1 unspecified atom stereocenters. The second-order valence-electron chi connectivity index (χ2n) is 8.22. The van der Waals surface area contributed by atoms with Gasteiger partial charge in [-0.2, -0.15) is 0 Å². The number of hydrogen-bond acceptors (Lipinski definition) is 5. The van der Waals surface area contributed by atoms with Crippen molar-refractivity contribution in [3.8, 4) is 0 Å². The van der Waals surface area contributed by atoms with Gasteiger partial charge >= 0.3 is 0 Å². The summed E-state index contributed by atoms with van der Waals surface area (Å²) < 4.78 is 29.5. The summed E-state index contributed by atoms with van der Waals surface area (Å²) in [6, 6.07) is 12.0. The molecule has 1 amide bonds. The van der Waals surface area contributed by atoms with Crippen LogP contribution in [-0.2, 0) is 16.6 Å². The Hall–Kier alpha value is -2.75. The zero-order valence-corrected chi connectivity index (χ0v) is 19.3. The highest BCUT2D eigenvalue weighted by molar-refractivity contribution is 7.89. The zero-order chi connectivity index (χ0) is 22.7. The number of rotatable bonds is 7. The summed E-state index contributed by atoms with van der Waals surface area (Å²) in [5, 5.41) is 0. The first kappa shape index (κ1) is 22.4. The number of nitrogens with one attached hydrogen (secondary N) is 1. The lowest BCUT2D eigenvalue weighted by atomic mass is 10.2. The number of fused-ring (bicyclic) bond motifs is 1. The van der Waals surface area contributed by atoms with Crippen molar-refractivity contribution in [1.82, 2.24) is 23.9 Å². The Morgan fingerprint density at radius 1 is 1.09 bits per heavy atom. The Morgan fingerprint density at radius 3 is 2.47 bits per heavy atom. The number of hydrogen-bond donors (Lipinski definition) is 1. The number of sulfonamides is 1. The molecule has 32 heavy (non-hydrogen) atoms. The fraction of sp³-hybridized carbons (Fsp3) is 0.391. The van der Waals surface area contributed by atoms with E-state index in [0.29, 0.717) is 25.1 Å². The summed E-state index contributed by atoms with van der Waals surface area (Å²) in [5.41, 5.74) is 2.45. The first-order valence-electron chi connectivity index (χ1n) is 10.9. The predicted molar refractivity (Wildman–Crippen MR) is 123 cm³/mol. The van der Waals surface area contributed by atoms with Gasteiger partial charge in [-0.3, -0.25) is 9.69 Å². The first-order chi connectivity index (χ1) is 15.4. The van der Waals surface area contributed by atoms with Crippen LogP contribution in [0.2, 0.25) is 0 Å². The Labute approximate surface area is 188 Å². The summed E-state index contributed by atoms with van der Waals surface area (Å²) in [4.78, 5) is 21.8. The highest BCUT2D eigenvalue weighted by atomic mass is 32.2. The van der Waals surface area contributed by atoms with Gasteiger partial charge in [0.2, 0.25) is 10.0 Å². The van der Waals surface area contributed by atoms with Crippen LogP contribution in [0.5, 0.6) is 0 Å². The Bertz CT molecular complexity index is 1150. The highest BCUT2D eigenvalue weighted by Gasteiger charge is 2.23. The normalized spacial score (nSPS) is 16.4. The number of amides is 1. The number of aromatic nitrogens is 2. The van der Waals surface area contributed by atoms with E-state index < -0.39 is 10.0 Å². The quantitative estimate of drug-likeness (QED) is 0.591. The Kier molecular flexibility index (Phi) is 6.59. The molecular weight excluding hydrogens is 426 g/mol. The lowest BCUT2D eigenvalue weighted by molar-refractivity contribution is 0.0627. The van der Waals surface area contributed by atoms with Crippen LogP contribution in [0, 0.1) is 0 Å². The number of nitrogens with zero attached hydrogens (tertiary/aromatic N) is 4. The number of carbonyl (C=O) groups is 1. The smallest absolute Gasteiger partial charge is 0.253 e. The number of carbonyl (C=O) groups excluding carboxylic acids is 1. The van der Waals surface area contributed by atoms with E-state index in [-0.39, 0.29) is 16.8 Å². The lowest BCUT2D eigenvalue weighted by Gasteiger charge is -2.34. The maximum atomic E-state index is 12.9. The van der Waals surface area contributed by atoms with E-state index in [1.807, 2.05) is 53.7 Å². The van der Waals surface area contributed by atoms with Crippen LogP contribution in [0.1, 0.15) is 36.3 Å². The molecule has 1 atom stereocenters. The molecule has 0 bridgehead atoms. The summed E-state index contributed by atoms with van der Waals surface area (Å²) in [6.07, 6.45) is 4.73. The molecule has 0 radical (unpaired) electrons. The van der Waals surface area contributed by atoms with Crippen LogP contribution in [0.4, 0.5) is 0 Å². The molecule has 1 fully saturated rings. The van der Waals surface area contributed by atoms with Crippen LogP contribution < -0.4 is 4.72 Å². The van der Waals surface area contributed by atoms with Gasteiger partial charge in [-0.25, -0.2) is 18.1 Å². The molecule has 0 saturated carbocycles. The van der Waals surface area contributed by atoms with Gasteiger partial charge in [0.1, 0.15) is 5.65 Å². The minimum atomic E-state index is -3.58. The maximum Gasteiger partial charge on any atom is 0.253 e. The highest BCUT2D eigenvalue weighted by Crippen LogP contribution is 2.15. The molecule has 0 aliphatic carbocycles. The molecule has 2 aromatic heterocycles. The zero-order valence-electron chi connectivity index (χ0n) is 18.4. The van der Waals surface area contributed by atoms with Crippen molar-refractivity contribution >= 4 is 21.6 Å². The molecule has 1 aliphatic heterocycles. The van der Waals surface area contributed by atoms with E-state index in [9.17, 15) is 13.2 Å². The summed E-state index contributed by atoms with van der Waals surface area (Å²) in [7, 11) is -3.58. The second kappa shape index (κ2) is 9.40. The van der Waals surface area contributed by atoms with Gasteiger partial charge in [-0.05, 0) is 49.7 Å². The van der Waals surface area contributed by atoms with E-state index in [2.05, 4.69) is 14.6 Å². The molecule has 9 heteroatoms. The SMILES string of the molecule is CCC(C)NS(=O)(=O)c1ccc(C(=O)N2CCN(Cc3cn4ccccc4n3)CC2)cc1. The monoisotopic (exact) mass is 455 g/mol. The minimum absolute atomic E-state index is 0.0730. The topological polar surface area (TPSA) is 87.0 Å². The standard InChI is InChI=1S/C23H29N5O3S/c1-3-18(2)25-32(30,31)21-9-7-19(8-10-21)23(29)27-14-12-26(13-15-27)16-20-17-28-11-5-4-6-22(28)24-20/h4-11,17-18,25H,3,12-16H2,1-2H3. The average molecular weight is 456 g/mol. The van der Waals surface area contributed by atoms with Crippen molar-refractivity contribution in [2.75, 3.05) is 26.2 Å². The van der Waals surface area contributed by atoms with Gasteiger partial charge in [-0.1, -0.05) is 13.0 Å². The van der Waals surface area contributed by atoms with Crippen molar-refractivity contribution in [3.05, 3.63) is 66.1 Å². The number of piperazine rings is 1. The second-order valence-corrected chi connectivity index (χ2v) is 9.94. The number of benzene rings is 1. The molecule has 170 valence electrons. The average Bonchev–Trinajstić information content (AvgIpc) is 3.21. The van der Waals surface area contributed by atoms with Crippen molar-refractivity contribution in [2.24, 2.45) is 0 Å². The fourth-order valence-electron chi connectivity index (χ4n) is 3.78. The third-order valence-corrected chi connectivity index (χ3v) is 7.44. The number of imidazole rings is 1. The van der Waals surface area contributed by atoms with Crippen molar-refractivity contribution in [3.63, 3.8) is 0 Å². The maximum absolute atomic E-state index is 12.9. The molecule has 8 nitrogen and oxygen atoms in total. The van der Waals surface area contributed by atoms with Crippen molar-refractivity contribution < 1.29 is 13.2 Å². The van der Waals surface area contributed by atoms with Crippen molar-refractivity contribution in [1.29, 1.82) is 0 Å². The molecule has 4 rings (SSSR count). The van der Waals surface area contributed by atoms with Gasteiger partial charge in [0.15, 0.2) is 0 Å². The largest absolute Gasteiger partial charge is 0.336 e. The molecule has 1 N–H and O–H groups in total. The van der Waals surface area contributed by atoms with Crippen LogP contribution in [0.25, 0.3) is 5.65 Å². The van der Waals surface area contributed by atoms with Crippen LogP contribution in [0.15, 0.2) is 59.8 Å². The van der Waals surface area contributed by atoms with E-state index >= 15 is 0 Å². The third-order valence-electron chi connectivity index (χ3n) is 5.84. The van der Waals surface area contributed by atoms with Crippen LogP contribution >= 0.6 is 0 Å². The Morgan fingerprint density at radius 2 is 1.81 bits per heavy atom. The van der Waals surface area contributed by atoms with E-state index in [4.69, 9.17) is 0 Å². The van der Waals surface area contributed by atoms with E-state index in [1.165, 1.54) is 12.1 Å². The molecule has 1 aliphatic rings. The van der Waals surface area contributed by atoms with Gasteiger partial charge < -0.3 is 9.30 Å². The van der Waals surface area contributed by atoms with E-state index in [1.54, 1.807) is 12.1 Å². The van der Waals surface area contributed by atoms with Gasteiger partial charge in [0.25, 0.3) is 5.91 Å². The summed E-state index contributed by atoms with van der Waals surface area (Å²) in [6.45, 7) is 7.29. The molecule has 1 saturated heterocycles. The van der Waals surface area contributed by atoms with Crippen LogP contribution in [0.3, 0.4) is 0 Å². The minimum Gasteiger partial charge on any atom is -0.336 e. The third kappa shape index (κ3) is 5.01. The lowest BCUT2D eigenvalue weighted by Crippen LogP contribution is -2.48. The molecular formula is C23H29N5O3S. The predicted octanol–water partition coefficient (Wildman–Crippen LogP) is 2.37. The molecule has 1 aromatic carbocycles. The van der Waals surface area contributed by atoms with Crippen molar-refractivity contribution in [2.45, 2.75) is 37.8 Å². The molecule has 3 aromatic rings. The summed E-state index contributed by atoms with van der Waals surface area (Å²) >= 11 is 0. The number of pyridine rings is 1. The van der Waals surface area contributed by atoms with Gasteiger partial charge in [0, 0.05) is 56.7 Å². The fourth-order valence-corrected chi connectivity index (χ4v) is 5.10.